The number of carbonyl (C=O) groups excluding carboxylic acids is 2. The Morgan fingerprint density at radius 3 is 2.39 bits per heavy atom. The van der Waals surface area contributed by atoms with Gasteiger partial charge in [-0.1, -0.05) is 25.0 Å². The molecule has 0 aliphatic carbocycles. The summed E-state index contributed by atoms with van der Waals surface area (Å²) < 4.78 is 27.5. The Morgan fingerprint density at radius 1 is 1.03 bits per heavy atom. The molecule has 4 rings (SSSR count). The van der Waals surface area contributed by atoms with Gasteiger partial charge in [0.15, 0.2) is 0 Å². The van der Waals surface area contributed by atoms with E-state index in [1.54, 1.807) is 39.5 Å². The summed E-state index contributed by atoms with van der Waals surface area (Å²) in [6.45, 7) is 2.99. The lowest BCUT2D eigenvalue weighted by atomic mass is 10.1. The molecule has 9 heteroatoms. The first-order chi connectivity index (χ1) is 15.9. The number of para-hydroxylation sites is 2. The Kier molecular flexibility index (Phi) is 6.99. The minimum Gasteiger partial charge on any atom is -0.376 e. The first kappa shape index (κ1) is 23.3. The molecule has 2 heterocycles. The molecule has 1 fully saturated rings. The zero-order valence-corrected chi connectivity index (χ0v) is 19.6. The molecule has 1 saturated heterocycles. The summed E-state index contributed by atoms with van der Waals surface area (Å²) in [5, 5.41) is 5.94. The van der Waals surface area contributed by atoms with Crippen LogP contribution >= 0.6 is 0 Å². The van der Waals surface area contributed by atoms with Gasteiger partial charge in [-0.15, -0.1) is 0 Å². The zero-order chi connectivity index (χ0) is 23.4. The maximum atomic E-state index is 13.1. The number of sulfonamides is 1. The third kappa shape index (κ3) is 5.20. The van der Waals surface area contributed by atoms with Crippen molar-refractivity contribution in [2.75, 3.05) is 35.2 Å². The molecular formula is C24H30N4O4S. The van der Waals surface area contributed by atoms with Crippen LogP contribution in [0.25, 0.3) is 0 Å². The Hall–Kier alpha value is -2.91. The number of carbonyl (C=O) groups is 2. The normalized spacial score (nSPS) is 19.7. The van der Waals surface area contributed by atoms with Crippen molar-refractivity contribution in [3.05, 3.63) is 48.5 Å². The smallest absolute Gasteiger partial charge is 0.246 e. The van der Waals surface area contributed by atoms with Crippen LogP contribution in [-0.4, -0.2) is 50.2 Å². The van der Waals surface area contributed by atoms with E-state index in [0.29, 0.717) is 30.2 Å². The highest BCUT2D eigenvalue weighted by atomic mass is 32.2. The van der Waals surface area contributed by atoms with Gasteiger partial charge in [0.2, 0.25) is 21.8 Å². The summed E-state index contributed by atoms with van der Waals surface area (Å²) in [6.07, 6.45) is 4.12. The highest BCUT2D eigenvalue weighted by Gasteiger charge is 2.29. The van der Waals surface area contributed by atoms with Gasteiger partial charge in [-0.2, -0.15) is 4.31 Å². The average Bonchev–Trinajstić information content (AvgIpc) is 3.15. The second-order valence-electron chi connectivity index (χ2n) is 8.58. The Bertz CT molecular complexity index is 1110. The van der Waals surface area contributed by atoms with E-state index in [9.17, 15) is 18.0 Å². The van der Waals surface area contributed by atoms with Crippen LogP contribution in [0.1, 0.15) is 39.0 Å². The molecule has 1 atom stereocenters. The van der Waals surface area contributed by atoms with Crippen LogP contribution < -0.4 is 15.5 Å². The molecule has 0 aromatic heterocycles. The summed E-state index contributed by atoms with van der Waals surface area (Å²) >= 11 is 0. The van der Waals surface area contributed by atoms with Gasteiger partial charge in [0.1, 0.15) is 0 Å². The predicted octanol–water partition coefficient (Wildman–Crippen LogP) is 3.43. The zero-order valence-electron chi connectivity index (χ0n) is 18.8. The van der Waals surface area contributed by atoms with Crippen LogP contribution in [0.15, 0.2) is 53.4 Å². The molecule has 2 amide bonds. The van der Waals surface area contributed by atoms with Crippen molar-refractivity contribution < 1.29 is 18.0 Å². The molecule has 176 valence electrons. The number of anilines is 3. The van der Waals surface area contributed by atoms with Gasteiger partial charge in [-0.25, -0.2) is 8.42 Å². The second kappa shape index (κ2) is 9.93. The first-order valence-electron chi connectivity index (χ1n) is 11.4. The number of amides is 2. The monoisotopic (exact) mass is 470 g/mol. The van der Waals surface area contributed by atoms with Crippen molar-refractivity contribution in [2.45, 2.75) is 50.0 Å². The highest BCUT2D eigenvalue weighted by molar-refractivity contribution is 7.89. The van der Waals surface area contributed by atoms with Crippen LogP contribution in [0.3, 0.4) is 0 Å². The summed E-state index contributed by atoms with van der Waals surface area (Å²) in [6, 6.07) is 13.5. The molecule has 1 unspecified atom stereocenters. The van der Waals surface area contributed by atoms with Crippen molar-refractivity contribution in [3.8, 4) is 0 Å². The quantitative estimate of drug-likeness (QED) is 0.698. The van der Waals surface area contributed by atoms with E-state index in [1.807, 2.05) is 25.1 Å². The number of benzene rings is 2. The minimum absolute atomic E-state index is 0.0189. The van der Waals surface area contributed by atoms with Crippen molar-refractivity contribution in [1.82, 2.24) is 4.31 Å². The third-order valence-corrected chi connectivity index (χ3v) is 8.04. The molecule has 0 radical (unpaired) electrons. The largest absolute Gasteiger partial charge is 0.376 e. The molecule has 2 aliphatic rings. The highest BCUT2D eigenvalue weighted by Crippen LogP contribution is 2.31. The average molecular weight is 471 g/mol. The Morgan fingerprint density at radius 2 is 1.70 bits per heavy atom. The second-order valence-corrected chi connectivity index (χ2v) is 10.5. The van der Waals surface area contributed by atoms with Gasteiger partial charge >= 0.3 is 0 Å². The standard InChI is InChI=1S/C24H30N4O4S/c1-18-16-23(29)26-21-8-4-5-9-22(21)28(18)24(30)17-25-19-10-12-20(13-11-19)33(31,32)27-14-6-2-3-7-15-27/h4-5,8-13,18,25H,2-3,6-7,14-17H2,1H3,(H,26,29). The number of rotatable bonds is 5. The summed E-state index contributed by atoms with van der Waals surface area (Å²) in [5.74, 6) is -0.299. The number of hydrogen-bond donors (Lipinski definition) is 2. The topological polar surface area (TPSA) is 98.8 Å². The van der Waals surface area contributed by atoms with Gasteiger partial charge in [0.25, 0.3) is 0 Å². The molecule has 0 spiro atoms. The fraction of sp³-hybridized carbons (Fsp3) is 0.417. The molecule has 2 N–H and O–H groups in total. The fourth-order valence-electron chi connectivity index (χ4n) is 4.41. The van der Waals surface area contributed by atoms with E-state index >= 15 is 0 Å². The van der Waals surface area contributed by atoms with Crippen molar-refractivity contribution in [3.63, 3.8) is 0 Å². The van der Waals surface area contributed by atoms with Crippen molar-refractivity contribution >= 4 is 38.9 Å². The van der Waals surface area contributed by atoms with Crippen LogP contribution in [0, 0.1) is 0 Å². The van der Waals surface area contributed by atoms with Crippen LogP contribution in [-0.2, 0) is 19.6 Å². The van der Waals surface area contributed by atoms with Crippen LogP contribution in [0.2, 0.25) is 0 Å². The van der Waals surface area contributed by atoms with E-state index in [1.165, 1.54) is 0 Å². The maximum absolute atomic E-state index is 13.1. The first-order valence-corrected chi connectivity index (χ1v) is 12.9. The lowest BCUT2D eigenvalue weighted by Crippen LogP contribution is -2.42. The number of nitrogens with one attached hydrogen (secondary N) is 2. The Labute approximate surface area is 195 Å². The molecule has 33 heavy (non-hydrogen) atoms. The summed E-state index contributed by atoms with van der Waals surface area (Å²) in [5.41, 5.74) is 1.94. The molecular weight excluding hydrogens is 440 g/mol. The molecule has 2 aromatic rings. The van der Waals surface area contributed by atoms with Gasteiger partial charge in [0.05, 0.1) is 22.8 Å². The van der Waals surface area contributed by atoms with E-state index < -0.39 is 10.0 Å². The van der Waals surface area contributed by atoms with Gasteiger partial charge < -0.3 is 15.5 Å². The SMILES string of the molecule is CC1CC(=O)Nc2ccccc2N1C(=O)CNc1ccc(S(=O)(=O)N2CCCCCC2)cc1. The molecule has 8 nitrogen and oxygen atoms in total. The van der Waals surface area contributed by atoms with Crippen molar-refractivity contribution in [1.29, 1.82) is 0 Å². The van der Waals surface area contributed by atoms with E-state index in [4.69, 9.17) is 0 Å². The third-order valence-electron chi connectivity index (χ3n) is 6.13. The molecule has 2 aromatic carbocycles. The molecule has 2 aliphatic heterocycles. The fourth-order valence-corrected chi connectivity index (χ4v) is 5.92. The van der Waals surface area contributed by atoms with Crippen molar-refractivity contribution in [2.24, 2.45) is 0 Å². The summed E-state index contributed by atoms with van der Waals surface area (Å²) in [4.78, 5) is 27.1. The van der Waals surface area contributed by atoms with Crippen LogP contribution in [0.5, 0.6) is 0 Å². The number of nitrogens with zero attached hydrogens (tertiary/aromatic N) is 2. The predicted molar refractivity (Wildman–Crippen MR) is 129 cm³/mol. The van der Waals surface area contributed by atoms with E-state index in [2.05, 4.69) is 10.6 Å². The van der Waals surface area contributed by atoms with E-state index in [0.717, 1.165) is 25.7 Å². The minimum atomic E-state index is -3.51. The van der Waals surface area contributed by atoms with Gasteiger partial charge in [-0.05, 0) is 56.2 Å². The molecule has 0 bridgehead atoms. The number of hydrogen-bond acceptors (Lipinski definition) is 5. The number of fused-ring (bicyclic) bond motifs is 1. The Balaban J connectivity index is 1.44. The van der Waals surface area contributed by atoms with Gasteiger partial charge in [0, 0.05) is 31.2 Å². The van der Waals surface area contributed by atoms with Crippen LogP contribution in [0.4, 0.5) is 17.1 Å². The van der Waals surface area contributed by atoms with E-state index in [-0.39, 0.29) is 35.7 Å². The molecule has 0 saturated carbocycles. The lowest BCUT2D eigenvalue weighted by Gasteiger charge is -2.28. The summed E-state index contributed by atoms with van der Waals surface area (Å²) in [7, 11) is -3.51. The van der Waals surface area contributed by atoms with Gasteiger partial charge in [-0.3, -0.25) is 9.59 Å². The lowest BCUT2D eigenvalue weighted by molar-refractivity contribution is -0.118. The maximum Gasteiger partial charge on any atom is 0.246 e.